The van der Waals surface area contributed by atoms with Crippen LogP contribution in [-0.4, -0.2) is 25.9 Å². The topological polar surface area (TPSA) is 52.8 Å². The molecule has 3 aromatic rings. The van der Waals surface area contributed by atoms with Gasteiger partial charge in [0.2, 0.25) is 0 Å². The largest absolute Gasteiger partial charge is 0.573 e. The molecule has 0 bridgehead atoms. The van der Waals surface area contributed by atoms with Gasteiger partial charge >= 0.3 is 6.36 Å². The van der Waals surface area contributed by atoms with Crippen LogP contribution < -0.4 is 4.74 Å². The van der Waals surface area contributed by atoms with Gasteiger partial charge in [0.05, 0.1) is 5.69 Å². The molecule has 0 amide bonds. The number of nitrogens with zero attached hydrogens (tertiary/aromatic N) is 4. The van der Waals surface area contributed by atoms with E-state index in [0.29, 0.717) is 11.9 Å². The molecule has 0 unspecified atom stereocenters. The number of benzene rings is 1. The standard InChI is InChI=1S/C17H13F3N4O/c18-17(19,20)25-14-5-1-11(2-6-14)16-23-15(9-24(16)13-3-4-13)12-7-21-10-22-8-12/h1-2,5-10,13H,3-4H2. The molecule has 0 radical (unpaired) electrons. The smallest absolute Gasteiger partial charge is 0.406 e. The Hall–Kier alpha value is -2.90. The molecule has 1 fully saturated rings. The molecule has 5 nitrogen and oxygen atoms in total. The zero-order chi connectivity index (χ0) is 17.4. The van der Waals surface area contributed by atoms with Gasteiger partial charge in [-0.25, -0.2) is 15.0 Å². The molecular weight excluding hydrogens is 333 g/mol. The van der Waals surface area contributed by atoms with E-state index in [4.69, 9.17) is 0 Å². The second-order valence-corrected chi connectivity index (χ2v) is 5.79. The minimum Gasteiger partial charge on any atom is -0.406 e. The third-order valence-corrected chi connectivity index (χ3v) is 3.87. The first-order valence-electron chi connectivity index (χ1n) is 7.70. The Morgan fingerprint density at radius 3 is 2.28 bits per heavy atom. The molecule has 2 aromatic heterocycles. The van der Waals surface area contributed by atoms with Gasteiger partial charge in [-0.15, -0.1) is 13.2 Å². The number of hydrogen-bond acceptors (Lipinski definition) is 4. The van der Waals surface area contributed by atoms with Crippen LogP contribution in [0.2, 0.25) is 0 Å². The van der Waals surface area contributed by atoms with Gasteiger partial charge in [-0.1, -0.05) is 0 Å². The number of alkyl halides is 3. The van der Waals surface area contributed by atoms with Gasteiger partial charge in [-0.2, -0.15) is 0 Å². The predicted octanol–water partition coefficient (Wildman–Crippen LogP) is 4.24. The summed E-state index contributed by atoms with van der Waals surface area (Å²) in [5.41, 5.74) is 2.25. The fourth-order valence-corrected chi connectivity index (χ4v) is 2.61. The Balaban J connectivity index is 1.68. The first-order valence-corrected chi connectivity index (χ1v) is 7.70. The van der Waals surface area contributed by atoms with Gasteiger partial charge in [0.1, 0.15) is 17.9 Å². The minimum atomic E-state index is -4.70. The van der Waals surface area contributed by atoms with Gasteiger partial charge in [-0.05, 0) is 37.1 Å². The molecule has 8 heteroatoms. The second-order valence-electron chi connectivity index (χ2n) is 5.79. The molecule has 1 aromatic carbocycles. The van der Waals surface area contributed by atoms with Crippen LogP contribution in [0.3, 0.4) is 0 Å². The van der Waals surface area contributed by atoms with E-state index in [1.165, 1.54) is 18.5 Å². The van der Waals surface area contributed by atoms with Gasteiger partial charge in [0, 0.05) is 35.8 Å². The predicted molar refractivity (Wildman–Crippen MR) is 83.6 cm³/mol. The maximum Gasteiger partial charge on any atom is 0.573 e. The highest BCUT2D eigenvalue weighted by atomic mass is 19.4. The average Bonchev–Trinajstić information content (AvgIpc) is 3.34. The second kappa shape index (κ2) is 5.87. The van der Waals surface area contributed by atoms with Crippen molar-refractivity contribution >= 4 is 0 Å². The molecule has 0 N–H and O–H groups in total. The van der Waals surface area contributed by atoms with E-state index in [-0.39, 0.29) is 5.75 Å². The molecule has 0 aliphatic heterocycles. The maximum atomic E-state index is 12.3. The number of halogens is 3. The Morgan fingerprint density at radius 1 is 1.00 bits per heavy atom. The Kier molecular flexibility index (Phi) is 3.67. The Bertz CT molecular complexity index is 871. The quantitative estimate of drug-likeness (QED) is 0.709. The van der Waals surface area contributed by atoms with Crippen molar-refractivity contribution in [2.24, 2.45) is 0 Å². The molecule has 0 spiro atoms. The zero-order valence-electron chi connectivity index (χ0n) is 12.9. The summed E-state index contributed by atoms with van der Waals surface area (Å²) in [6, 6.07) is 6.10. The molecule has 0 saturated heterocycles. The highest BCUT2D eigenvalue weighted by Crippen LogP contribution is 2.40. The van der Waals surface area contributed by atoms with E-state index in [1.807, 2.05) is 6.20 Å². The Morgan fingerprint density at radius 2 is 1.68 bits per heavy atom. The summed E-state index contributed by atoms with van der Waals surface area (Å²) in [6.45, 7) is 0. The van der Waals surface area contributed by atoms with E-state index in [9.17, 15) is 13.2 Å². The lowest BCUT2D eigenvalue weighted by atomic mass is 10.2. The van der Waals surface area contributed by atoms with Crippen molar-refractivity contribution in [3.8, 4) is 28.4 Å². The first kappa shape index (κ1) is 15.6. The van der Waals surface area contributed by atoms with Crippen molar-refractivity contribution in [1.82, 2.24) is 19.5 Å². The SMILES string of the molecule is FC(F)(F)Oc1ccc(-c2nc(-c3cncnc3)cn2C2CC2)cc1. The number of hydrogen-bond donors (Lipinski definition) is 0. The molecule has 0 atom stereocenters. The van der Waals surface area contributed by atoms with Crippen LogP contribution in [-0.2, 0) is 0 Å². The van der Waals surface area contributed by atoms with Crippen molar-refractivity contribution in [2.45, 2.75) is 25.2 Å². The summed E-state index contributed by atoms with van der Waals surface area (Å²) in [6.07, 6.45) is 4.15. The summed E-state index contributed by atoms with van der Waals surface area (Å²) >= 11 is 0. The fourth-order valence-electron chi connectivity index (χ4n) is 2.61. The van der Waals surface area contributed by atoms with E-state index in [1.54, 1.807) is 24.5 Å². The first-order chi connectivity index (χ1) is 12.0. The van der Waals surface area contributed by atoms with Crippen LogP contribution in [0.4, 0.5) is 13.2 Å². The summed E-state index contributed by atoms with van der Waals surface area (Å²) in [5, 5.41) is 0. The van der Waals surface area contributed by atoms with Crippen LogP contribution >= 0.6 is 0 Å². The maximum absolute atomic E-state index is 12.3. The minimum absolute atomic E-state index is 0.252. The van der Waals surface area contributed by atoms with E-state index in [2.05, 4.69) is 24.3 Å². The van der Waals surface area contributed by atoms with Crippen molar-refractivity contribution in [2.75, 3.05) is 0 Å². The Labute approximate surface area is 141 Å². The normalized spacial score (nSPS) is 14.5. The lowest BCUT2D eigenvalue weighted by Gasteiger charge is -2.10. The molecule has 25 heavy (non-hydrogen) atoms. The summed E-state index contributed by atoms with van der Waals surface area (Å²) in [4.78, 5) is 12.6. The number of imidazole rings is 1. The highest BCUT2D eigenvalue weighted by molar-refractivity contribution is 5.64. The summed E-state index contributed by atoms with van der Waals surface area (Å²) < 4.78 is 42.8. The van der Waals surface area contributed by atoms with Crippen LogP contribution in [0.1, 0.15) is 18.9 Å². The third-order valence-electron chi connectivity index (χ3n) is 3.87. The summed E-state index contributed by atoms with van der Waals surface area (Å²) in [5.74, 6) is 0.456. The lowest BCUT2D eigenvalue weighted by Crippen LogP contribution is -2.16. The monoisotopic (exact) mass is 346 g/mol. The average molecular weight is 346 g/mol. The van der Waals surface area contributed by atoms with Crippen molar-refractivity contribution in [3.05, 3.63) is 49.2 Å². The molecule has 1 aliphatic rings. The number of ether oxygens (including phenoxy) is 1. The fraction of sp³-hybridized carbons (Fsp3) is 0.235. The van der Waals surface area contributed by atoms with E-state index in [0.717, 1.165) is 29.7 Å². The molecule has 4 rings (SSSR count). The van der Waals surface area contributed by atoms with Crippen LogP contribution in [0.5, 0.6) is 5.75 Å². The number of rotatable bonds is 4. The van der Waals surface area contributed by atoms with Gasteiger partial charge in [0.15, 0.2) is 0 Å². The highest BCUT2D eigenvalue weighted by Gasteiger charge is 2.31. The molecule has 128 valence electrons. The molecule has 2 heterocycles. The lowest BCUT2D eigenvalue weighted by molar-refractivity contribution is -0.274. The van der Waals surface area contributed by atoms with Crippen molar-refractivity contribution < 1.29 is 17.9 Å². The van der Waals surface area contributed by atoms with Crippen LogP contribution in [0.25, 0.3) is 22.6 Å². The van der Waals surface area contributed by atoms with E-state index >= 15 is 0 Å². The van der Waals surface area contributed by atoms with Gasteiger partial charge < -0.3 is 9.30 Å². The zero-order valence-corrected chi connectivity index (χ0v) is 12.9. The van der Waals surface area contributed by atoms with Gasteiger partial charge in [0.25, 0.3) is 0 Å². The van der Waals surface area contributed by atoms with Crippen molar-refractivity contribution in [3.63, 3.8) is 0 Å². The molecule has 1 saturated carbocycles. The summed E-state index contributed by atoms with van der Waals surface area (Å²) in [7, 11) is 0. The third kappa shape index (κ3) is 3.47. The van der Waals surface area contributed by atoms with Crippen LogP contribution in [0, 0.1) is 0 Å². The molecular formula is C17H13F3N4O. The van der Waals surface area contributed by atoms with Crippen LogP contribution in [0.15, 0.2) is 49.2 Å². The number of aromatic nitrogens is 4. The van der Waals surface area contributed by atoms with Crippen molar-refractivity contribution in [1.29, 1.82) is 0 Å². The van der Waals surface area contributed by atoms with Gasteiger partial charge in [-0.3, -0.25) is 0 Å². The van der Waals surface area contributed by atoms with E-state index < -0.39 is 6.36 Å². The molecule has 1 aliphatic carbocycles.